The zero-order valence-electron chi connectivity index (χ0n) is 18.0. The number of hydrogen-bond acceptors (Lipinski definition) is 5. The molecule has 3 aromatic carbocycles. The molecule has 1 heterocycles. The Morgan fingerprint density at radius 3 is 2.44 bits per heavy atom. The molecule has 2 N–H and O–H groups in total. The minimum Gasteiger partial charge on any atom is -0.507 e. The summed E-state index contributed by atoms with van der Waals surface area (Å²) < 4.78 is 10.5. The highest BCUT2D eigenvalue weighted by atomic mass is 16.5. The van der Waals surface area contributed by atoms with E-state index in [9.17, 15) is 9.90 Å². The SMILES string of the molecule is COc1ccc(CNC(=O)C2=Cc3cc(OC)ccc3CN=C2c2ccccc2O)cc1. The van der Waals surface area contributed by atoms with Crippen LogP contribution in [0.3, 0.4) is 0 Å². The number of aliphatic imine (C=N–C) groups is 1. The second-order valence-corrected chi connectivity index (χ2v) is 7.34. The summed E-state index contributed by atoms with van der Waals surface area (Å²) in [5.74, 6) is 1.25. The van der Waals surface area contributed by atoms with Gasteiger partial charge >= 0.3 is 0 Å². The van der Waals surface area contributed by atoms with Crippen molar-refractivity contribution in [2.75, 3.05) is 14.2 Å². The third-order valence-corrected chi connectivity index (χ3v) is 5.33. The standard InChI is InChI=1S/C26H24N2O4/c1-31-20-10-7-17(8-11-20)15-28-26(30)23-14-19-13-21(32-2)12-9-18(19)16-27-25(23)22-5-3-4-6-24(22)29/h3-14,29H,15-16H2,1-2H3,(H,28,30). The third-order valence-electron chi connectivity index (χ3n) is 5.33. The average molecular weight is 428 g/mol. The van der Waals surface area contributed by atoms with Crippen LogP contribution < -0.4 is 14.8 Å². The molecule has 0 aromatic heterocycles. The molecular weight excluding hydrogens is 404 g/mol. The lowest BCUT2D eigenvalue weighted by Crippen LogP contribution is -2.28. The first kappa shape index (κ1) is 21.2. The Bertz CT molecular complexity index is 1200. The molecule has 0 fully saturated rings. The van der Waals surface area contributed by atoms with Crippen molar-refractivity contribution in [2.45, 2.75) is 13.1 Å². The maximum atomic E-state index is 13.3. The molecule has 162 valence electrons. The first-order valence-corrected chi connectivity index (χ1v) is 10.2. The van der Waals surface area contributed by atoms with Crippen LogP contribution in [0, 0.1) is 0 Å². The van der Waals surface area contributed by atoms with Crippen LogP contribution in [-0.2, 0) is 17.9 Å². The Hall–Kier alpha value is -4.06. The van der Waals surface area contributed by atoms with Gasteiger partial charge in [-0.1, -0.05) is 30.3 Å². The van der Waals surface area contributed by atoms with Crippen LogP contribution in [-0.4, -0.2) is 30.9 Å². The Kier molecular flexibility index (Phi) is 6.22. The quantitative estimate of drug-likeness (QED) is 0.619. The molecule has 0 saturated heterocycles. The van der Waals surface area contributed by atoms with Crippen LogP contribution in [0.15, 0.2) is 77.3 Å². The molecule has 4 rings (SSSR count). The number of phenols is 1. The maximum absolute atomic E-state index is 13.3. The zero-order valence-corrected chi connectivity index (χ0v) is 18.0. The number of amides is 1. The number of carbonyl (C=O) groups excluding carboxylic acids is 1. The fraction of sp³-hybridized carbons (Fsp3) is 0.154. The normalized spacial score (nSPS) is 12.7. The number of nitrogens with zero attached hydrogens (tertiary/aromatic N) is 1. The number of phenolic OH excluding ortho intramolecular Hbond substituents is 1. The molecule has 0 unspecified atom stereocenters. The molecule has 0 bridgehead atoms. The second-order valence-electron chi connectivity index (χ2n) is 7.34. The molecule has 6 heteroatoms. The zero-order chi connectivity index (χ0) is 22.5. The summed E-state index contributed by atoms with van der Waals surface area (Å²) in [6.45, 7) is 0.730. The predicted molar refractivity (Wildman–Crippen MR) is 124 cm³/mol. The van der Waals surface area contributed by atoms with Gasteiger partial charge in [-0.15, -0.1) is 0 Å². The Morgan fingerprint density at radius 1 is 1.00 bits per heavy atom. The summed E-state index contributed by atoms with van der Waals surface area (Å²) in [7, 11) is 3.22. The highest BCUT2D eigenvalue weighted by Gasteiger charge is 2.23. The number of aromatic hydroxyl groups is 1. The highest BCUT2D eigenvalue weighted by Crippen LogP contribution is 2.28. The minimum absolute atomic E-state index is 0.0728. The van der Waals surface area contributed by atoms with E-state index < -0.39 is 0 Å². The van der Waals surface area contributed by atoms with Gasteiger partial charge in [0.1, 0.15) is 17.2 Å². The van der Waals surface area contributed by atoms with Crippen LogP contribution in [0.4, 0.5) is 0 Å². The van der Waals surface area contributed by atoms with Crippen molar-refractivity contribution >= 4 is 17.7 Å². The van der Waals surface area contributed by atoms with Crippen molar-refractivity contribution < 1.29 is 19.4 Å². The largest absolute Gasteiger partial charge is 0.507 e. The van der Waals surface area contributed by atoms with E-state index in [2.05, 4.69) is 5.32 Å². The number of benzene rings is 3. The molecule has 0 aliphatic carbocycles. The molecule has 1 aliphatic heterocycles. The molecule has 1 aliphatic rings. The first-order chi connectivity index (χ1) is 15.6. The number of hydrogen-bond donors (Lipinski definition) is 2. The smallest absolute Gasteiger partial charge is 0.253 e. The van der Waals surface area contributed by atoms with Crippen molar-refractivity contribution in [3.05, 3.63) is 94.6 Å². The van der Waals surface area contributed by atoms with Gasteiger partial charge in [0.2, 0.25) is 0 Å². The van der Waals surface area contributed by atoms with Gasteiger partial charge in [-0.05, 0) is 59.2 Å². The van der Waals surface area contributed by atoms with Gasteiger partial charge in [-0.2, -0.15) is 0 Å². The highest BCUT2D eigenvalue weighted by molar-refractivity contribution is 6.31. The molecule has 0 spiro atoms. The third kappa shape index (κ3) is 4.49. The van der Waals surface area contributed by atoms with Gasteiger partial charge in [0, 0.05) is 12.1 Å². The van der Waals surface area contributed by atoms with Crippen LogP contribution in [0.1, 0.15) is 22.3 Å². The molecule has 1 amide bonds. The van der Waals surface area contributed by atoms with Gasteiger partial charge in [0.15, 0.2) is 0 Å². The number of rotatable bonds is 6. The van der Waals surface area contributed by atoms with Crippen molar-refractivity contribution in [1.82, 2.24) is 5.32 Å². The van der Waals surface area contributed by atoms with Crippen LogP contribution in [0.2, 0.25) is 0 Å². The lowest BCUT2D eigenvalue weighted by Gasteiger charge is -2.13. The Morgan fingerprint density at radius 2 is 1.72 bits per heavy atom. The lowest BCUT2D eigenvalue weighted by atomic mass is 9.98. The van der Waals surface area contributed by atoms with Gasteiger partial charge in [0.05, 0.1) is 32.0 Å². The van der Waals surface area contributed by atoms with Crippen LogP contribution in [0.5, 0.6) is 17.2 Å². The lowest BCUT2D eigenvalue weighted by molar-refractivity contribution is -0.117. The van der Waals surface area contributed by atoms with Crippen LogP contribution >= 0.6 is 0 Å². The average Bonchev–Trinajstić information content (AvgIpc) is 3.02. The van der Waals surface area contributed by atoms with E-state index >= 15 is 0 Å². The molecule has 6 nitrogen and oxygen atoms in total. The Balaban J connectivity index is 1.69. The van der Waals surface area contributed by atoms with Crippen molar-refractivity contribution in [3.8, 4) is 17.2 Å². The molecule has 0 atom stereocenters. The van der Waals surface area contributed by atoms with E-state index in [1.54, 1.807) is 38.5 Å². The summed E-state index contributed by atoms with van der Waals surface area (Å²) in [6.07, 6.45) is 1.81. The minimum atomic E-state index is -0.279. The van der Waals surface area contributed by atoms with Gasteiger partial charge < -0.3 is 19.9 Å². The van der Waals surface area contributed by atoms with Gasteiger partial charge in [-0.25, -0.2) is 0 Å². The predicted octanol–water partition coefficient (Wildman–Crippen LogP) is 4.11. The van der Waals surface area contributed by atoms with E-state index in [0.29, 0.717) is 35.7 Å². The summed E-state index contributed by atoms with van der Waals surface area (Å²) in [5, 5.41) is 13.4. The number of ether oxygens (including phenoxy) is 2. The van der Waals surface area contributed by atoms with Crippen LogP contribution in [0.25, 0.3) is 6.08 Å². The van der Waals surface area contributed by atoms with E-state index in [0.717, 1.165) is 22.4 Å². The number of methoxy groups -OCH3 is 2. The summed E-state index contributed by atoms with van der Waals surface area (Å²) in [4.78, 5) is 18.0. The van der Waals surface area contributed by atoms with Gasteiger partial charge in [0.25, 0.3) is 5.91 Å². The van der Waals surface area contributed by atoms with E-state index in [1.807, 2.05) is 48.5 Å². The Labute approximate surface area is 186 Å². The molecule has 3 aromatic rings. The van der Waals surface area contributed by atoms with Gasteiger partial charge in [-0.3, -0.25) is 9.79 Å². The number of nitrogens with one attached hydrogen (secondary N) is 1. The summed E-state index contributed by atoms with van der Waals surface area (Å²) >= 11 is 0. The van der Waals surface area contributed by atoms with E-state index in [-0.39, 0.29) is 11.7 Å². The van der Waals surface area contributed by atoms with Crippen molar-refractivity contribution in [2.24, 2.45) is 4.99 Å². The van der Waals surface area contributed by atoms with E-state index in [1.165, 1.54) is 0 Å². The van der Waals surface area contributed by atoms with E-state index in [4.69, 9.17) is 14.5 Å². The molecule has 32 heavy (non-hydrogen) atoms. The molecule has 0 radical (unpaired) electrons. The fourth-order valence-corrected chi connectivity index (χ4v) is 3.55. The second kappa shape index (κ2) is 9.39. The fourth-order valence-electron chi connectivity index (χ4n) is 3.55. The maximum Gasteiger partial charge on any atom is 0.253 e. The topological polar surface area (TPSA) is 80.2 Å². The number of para-hydroxylation sites is 1. The van der Waals surface area contributed by atoms with Crippen molar-refractivity contribution in [1.29, 1.82) is 0 Å². The summed E-state index contributed by atoms with van der Waals surface area (Å²) in [6, 6.07) is 20.1. The first-order valence-electron chi connectivity index (χ1n) is 10.2. The monoisotopic (exact) mass is 428 g/mol. The summed E-state index contributed by atoms with van der Waals surface area (Å²) in [5.41, 5.74) is 4.11. The van der Waals surface area contributed by atoms with Crippen molar-refractivity contribution in [3.63, 3.8) is 0 Å². The molecular formula is C26H24N2O4. The number of carbonyl (C=O) groups is 1. The molecule has 0 saturated carbocycles. The number of fused-ring (bicyclic) bond motifs is 1.